The molecule has 0 unspecified atom stereocenters. The van der Waals surface area contributed by atoms with E-state index in [1.54, 1.807) is 26.1 Å². The molecule has 0 aromatic heterocycles. The Morgan fingerprint density at radius 1 is 1.25 bits per heavy atom. The van der Waals surface area contributed by atoms with Gasteiger partial charge in [0.15, 0.2) is 0 Å². The summed E-state index contributed by atoms with van der Waals surface area (Å²) in [5.41, 5.74) is 2.67. The van der Waals surface area contributed by atoms with Crippen LogP contribution in [-0.4, -0.2) is 19.2 Å². The second kappa shape index (κ2) is 9.35. The van der Waals surface area contributed by atoms with E-state index in [9.17, 15) is 4.79 Å². The van der Waals surface area contributed by atoms with Crippen LogP contribution < -0.4 is 16.0 Å². The Hall–Kier alpha value is -1.98. The van der Waals surface area contributed by atoms with Crippen LogP contribution in [0.3, 0.4) is 0 Å². The minimum atomic E-state index is -0.315. The predicted octanol–water partition coefficient (Wildman–Crippen LogP) is 3.59. The second-order valence-corrected chi connectivity index (χ2v) is 6.21. The fourth-order valence-electron chi connectivity index (χ4n) is 1.93. The minimum absolute atomic E-state index is 0.315. The summed E-state index contributed by atoms with van der Waals surface area (Å²) in [7, 11) is 1.64. The Labute approximate surface area is 152 Å². The van der Waals surface area contributed by atoms with E-state index in [0.717, 1.165) is 17.4 Å². The Morgan fingerprint density at radius 3 is 2.42 bits per heavy atom. The van der Waals surface area contributed by atoms with Crippen molar-refractivity contribution in [3.05, 3.63) is 56.5 Å². The highest BCUT2D eigenvalue weighted by atomic mass is 35.5. The maximum Gasteiger partial charge on any atom is 0.273 e. The number of hydrogen-bond donors (Lipinski definition) is 4. The number of likely N-dealkylation sites (N-methyl/N-ethyl adjacent to an activating group) is 1. The van der Waals surface area contributed by atoms with Gasteiger partial charge in [-0.2, -0.15) is 0 Å². The number of halogens is 2. The van der Waals surface area contributed by atoms with Crippen LogP contribution in [0.5, 0.6) is 0 Å². The fraction of sp³-hybridized carbons (Fsp3) is 0.294. The van der Waals surface area contributed by atoms with E-state index < -0.39 is 0 Å². The number of rotatable bonds is 7. The van der Waals surface area contributed by atoms with E-state index in [4.69, 9.17) is 28.6 Å². The molecular formula is C17H22Cl2N4O. The summed E-state index contributed by atoms with van der Waals surface area (Å²) < 4.78 is 0. The smallest absolute Gasteiger partial charge is 0.273 e. The van der Waals surface area contributed by atoms with Crippen molar-refractivity contribution in [1.29, 1.82) is 5.41 Å². The highest BCUT2D eigenvalue weighted by Crippen LogP contribution is 2.21. The van der Waals surface area contributed by atoms with Crippen molar-refractivity contribution >= 4 is 35.3 Å². The topological polar surface area (TPSA) is 77.0 Å². The molecule has 0 radical (unpaired) electrons. The van der Waals surface area contributed by atoms with Crippen molar-refractivity contribution in [3.63, 3.8) is 0 Å². The molecule has 1 aromatic carbocycles. The van der Waals surface area contributed by atoms with Gasteiger partial charge in [0.05, 0.1) is 0 Å². The molecule has 5 nitrogen and oxygen atoms in total. The number of amides is 1. The van der Waals surface area contributed by atoms with Gasteiger partial charge in [0.2, 0.25) is 0 Å². The number of allylic oxidation sites excluding steroid dienone is 2. The molecule has 0 spiro atoms. The van der Waals surface area contributed by atoms with E-state index in [1.165, 1.54) is 0 Å². The summed E-state index contributed by atoms with van der Waals surface area (Å²) >= 11 is 12.1. The van der Waals surface area contributed by atoms with Gasteiger partial charge in [-0.1, -0.05) is 29.3 Å². The van der Waals surface area contributed by atoms with Crippen LogP contribution in [0.25, 0.3) is 0 Å². The van der Waals surface area contributed by atoms with Crippen LogP contribution in [0.2, 0.25) is 10.0 Å². The quantitative estimate of drug-likeness (QED) is 0.438. The molecule has 130 valence electrons. The van der Waals surface area contributed by atoms with E-state index in [0.29, 0.717) is 33.7 Å². The van der Waals surface area contributed by atoms with Gasteiger partial charge in [0, 0.05) is 29.9 Å². The highest BCUT2D eigenvalue weighted by Gasteiger charge is 2.13. The molecule has 0 saturated heterocycles. The number of carbonyl (C=O) groups excluding carboxylic acids is 1. The molecule has 7 heteroatoms. The van der Waals surface area contributed by atoms with E-state index in [1.807, 2.05) is 19.9 Å². The third-order valence-corrected chi connectivity index (χ3v) is 3.88. The van der Waals surface area contributed by atoms with Crippen LogP contribution in [0, 0.1) is 5.41 Å². The van der Waals surface area contributed by atoms with Crippen molar-refractivity contribution in [2.24, 2.45) is 0 Å². The normalized spacial score (nSPS) is 11.2. The lowest BCUT2D eigenvalue weighted by Gasteiger charge is -2.17. The lowest BCUT2D eigenvalue weighted by atomic mass is 10.2. The highest BCUT2D eigenvalue weighted by molar-refractivity contribution is 6.35. The lowest BCUT2D eigenvalue weighted by molar-refractivity contribution is -0.117. The van der Waals surface area contributed by atoms with Gasteiger partial charge in [-0.05, 0) is 49.6 Å². The van der Waals surface area contributed by atoms with Crippen LogP contribution in [0.1, 0.15) is 26.3 Å². The minimum Gasteiger partial charge on any atom is -0.383 e. The van der Waals surface area contributed by atoms with Gasteiger partial charge in [-0.25, -0.2) is 0 Å². The molecule has 0 bridgehead atoms. The molecule has 1 rings (SSSR count). The average molecular weight is 369 g/mol. The first-order valence-electron chi connectivity index (χ1n) is 7.35. The van der Waals surface area contributed by atoms with E-state index in [-0.39, 0.29) is 5.91 Å². The van der Waals surface area contributed by atoms with Crippen LogP contribution in [0.4, 0.5) is 0 Å². The predicted molar refractivity (Wildman–Crippen MR) is 100 cm³/mol. The number of benzene rings is 1. The van der Waals surface area contributed by atoms with Crippen molar-refractivity contribution in [3.8, 4) is 0 Å². The molecule has 0 aliphatic rings. The molecule has 0 aliphatic carbocycles. The van der Waals surface area contributed by atoms with Gasteiger partial charge in [0.1, 0.15) is 11.5 Å². The SMILES string of the molecule is CN/C(C(=O)NC(NCc1ccc(Cl)cc1Cl)=C(C)C)=C(/C)C=N. The van der Waals surface area contributed by atoms with Crippen LogP contribution >= 0.6 is 23.2 Å². The Kier molecular flexibility index (Phi) is 7.82. The van der Waals surface area contributed by atoms with Gasteiger partial charge >= 0.3 is 0 Å². The van der Waals surface area contributed by atoms with Crippen molar-refractivity contribution in [1.82, 2.24) is 16.0 Å². The molecule has 0 saturated carbocycles. The zero-order valence-corrected chi connectivity index (χ0v) is 15.7. The maximum absolute atomic E-state index is 12.4. The molecule has 0 heterocycles. The van der Waals surface area contributed by atoms with Crippen molar-refractivity contribution in [2.75, 3.05) is 7.05 Å². The zero-order chi connectivity index (χ0) is 18.3. The van der Waals surface area contributed by atoms with Crippen LogP contribution in [-0.2, 0) is 11.3 Å². The van der Waals surface area contributed by atoms with Crippen LogP contribution in [0.15, 0.2) is 40.9 Å². The summed E-state index contributed by atoms with van der Waals surface area (Å²) in [5.74, 6) is 0.279. The summed E-state index contributed by atoms with van der Waals surface area (Å²) in [6.07, 6.45) is 1.13. The first-order valence-corrected chi connectivity index (χ1v) is 8.11. The van der Waals surface area contributed by atoms with E-state index in [2.05, 4.69) is 16.0 Å². The van der Waals surface area contributed by atoms with Gasteiger partial charge < -0.3 is 21.4 Å². The van der Waals surface area contributed by atoms with Gasteiger partial charge in [-0.15, -0.1) is 0 Å². The first-order chi connectivity index (χ1) is 11.3. The van der Waals surface area contributed by atoms with Crippen molar-refractivity contribution in [2.45, 2.75) is 27.3 Å². The maximum atomic E-state index is 12.4. The Bertz CT molecular complexity index is 692. The number of carbonyl (C=O) groups is 1. The summed E-state index contributed by atoms with van der Waals surface area (Å²) in [4.78, 5) is 12.4. The first kappa shape index (κ1) is 20.1. The molecule has 0 atom stereocenters. The molecule has 24 heavy (non-hydrogen) atoms. The molecule has 0 fully saturated rings. The molecule has 4 N–H and O–H groups in total. The number of nitrogens with one attached hydrogen (secondary N) is 4. The number of hydrogen-bond acceptors (Lipinski definition) is 4. The average Bonchev–Trinajstić information content (AvgIpc) is 2.52. The van der Waals surface area contributed by atoms with Gasteiger partial charge in [-0.3, -0.25) is 4.79 Å². The zero-order valence-electron chi connectivity index (χ0n) is 14.2. The molecular weight excluding hydrogens is 347 g/mol. The van der Waals surface area contributed by atoms with Gasteiger partial charge in [0.25, 0.3) is 5.91 Å². The third-order valence-electron chi connectivity index (χ3n) is 3.30. The summed E-state index contributed by atoms with van der Waals surface area (Å²) in [6, 6.07) is 5.27. The molecule has 0 aliphatic heterocycles. The molecule has 1 aromatic rings. The third kappa shape index (κ3) is 5.58. The fourth-order valence-corrected chi connectivity index (χ4v) is 2.41. The Balaban J connectivity index is 2.88. The Morgan fingerprint density at radius 2 is 1.92 bits per heavy atom. The standard InChI is InChI=1S/C17H22Cl2N4O/c1-10(2)16(23-17(24)15(21-4)11(3)8-20)22-9-12-5-6-13(18)7-14(12)19/h5-8,20-22H,9H2,1-4H3,(H,23,24)/b15-11-,20-8?. The summed E-state index contributed by atoms with van der Waals surface area (Å²) in [5, 5.41) is 17.2. The van der Waals surface area contributed by atoms with Crippen molar-refractivity contribution < 1.29 is 4.79 Å². The monoisotopic (exact) mass is 368 g/mol. The summed E-state index contributed by atoms with van der Waals surface area (Å²) in [6.45, 7) is 5.91. The largest absolute Gasteiger partial charge is 0.383 e. The molecule has 1 amide bonds. The lowest BCUT2D eigenvalue weighted by Crippen LogP contribution is -2.36. The second-order valence-electron chi connectivity index (χ2n) is 5.37. The van der Waals surface area contributed by atoms with E-state index >= 15 is 0 Å².